The number of hydrogen-bond acceptors (Lipinski definition) is 3. The molecule has 1 aromatic heterocycles. The normalized spacial score (nSPS) is 19.1. The molecule has 1 saturated heterocycles. The van der Waals surface area contributed by atoms with Crippen LogP contribution < -0.4 is 0 Å². The van der Waals surface area contributed by atoms with Crippen molar-refractivity contribution in [2.24, 2.45) is 0 Å². The lowest BCUT2D eigenvalue weighted by molar-refractivity contribution is -0.142. The lowest BCUT2D eigenvalue weighted by atomic mass is 9.95. The minimum absolute atomic E-state index is 0.0730. The minimum Gasteiger partial charge on any atom is -0.480 e. The van der Waals surface area contributed by atoms with Gasteiger partial charge in [-0.2, -0.15) is 0 Å². The number of nitrogens with zero attached hydrogens (tertiary/aromatic N) is 2. The number of likely N-dealkylation sites (tertiary alicyclic amines) is 1. The van der Waals surface area contributed by atoms with Gasteiger partial charge in [0, 0.05) is 18.9 Å². The van der Waals surface area contributed by atoms with Gasteiger partial charge in [-0.1, -0.05) is 36.4 Å². The highest BCUT2D eigenvalue weighted by atomic mass is 16.4. The van der Waals surface area contributed by atoms with E-state index in [1.165, 1.54) is 10.8 Å². The molecule has 3 aromatic rings. The Balaban J connectivity index is 1.83. The predicted octanol–water partition coefficient (Wildman–Crippen LogP) is 3.87. The number of aliphatic carboxylic acids is 1. The molecule has 0 bridgehead atoms. The maximum absolute atomic E-state index is 11.7. The molecule has 0 spiro atoms. The van der Waals surface area contributed by atoms with E-state index in [0.29, 0.717) is 6.42 Å². The minimum atomic E-state index is -0.739. The van der Waals surface area contributed by atoms with E-state index in [-0.39, 0.29) is 6.04 Å². The molecule has 2 heterocycles. The van der Waals surface area contributed by atoms with Gasteiger partial charge in [0.2, 0.25) is 0 Å². The Morgan fingerprint density at radius 3 is 2.56 bits per heavy atom. The zero-order valence-electron chi connectivity index (χ0n) is 13.9. The Labute approximate surface area is 146 Å². The number of pyridine rings is 1. The highest BCUT2D eigenvalue weighted by molar-refractivity contribution is 5.83. The fraction of sp³-hybridized carbons (Fsp3) is 0.238. The number of carboxylic acid groups (broad SMARTS) is 1. The standard InChI is InChI=1S/C21H20N2O2/c24-21(25)19-6-3-13-23(19)20(16-9-11-22-12-10-16)18-8-7-15-4-1-2-5-17(15)14-18/h1-2,4-5,7-12,14,19-20H,3,6,13H2,(H,24,25). The zero-order chi connectivity index (χ0) is 17.2. The van der Waals surface area contributed by atoms with E-state index in [1.807, 2.05) is 24.3 Å². The van der Waals surface area contributed by atoms with Gasteiger partial charge in [0.05, 0.1) is 6.04 Å². The summed E-state index contributed by atoms with van der Waals surface area (Å²) in [5, 5.41) is 12.0. The number of benzene rings is 2. The summed E-state index contributed by atoms with van der Waals surface area (Å²) in [5.41, 5.74) is 2.21. The monoisotopic (exact) mass is 332 g/mol. The van der Waals surface area contributed by atoms with E-state index in [2.05, 4.69) is 40.2 Å². The third-order valence-corrected chi connectivity index (χ3v) is 5.02. The lowest BCUT2D eigenvalue weighted by Crippen LogP contribution is -2.39. The number of fused-ring (bicyclic) bond motifs is 1. The van der Waals surface area contributed by atoms with Crippen LogP contribution in [0.4, 0.5) is 0 Å². The van der Waals surface area contributed by atoms with Gasteiger partial charge in [-0.05, 0) is 52.9 Å². The second-order valence-electron chi connectivity index (χ2n) is 6.52. The highest BCUT2D eigenvalue weighted by Gasteiger charge is 2.36. The van der Waals surface area contributed by atoms with Crippen LogP contribution in [-0.4, -0.2) is 33.5 Å². The molecule has 1 aliphatic heterocycles. The Hall–Kier alpha value is -2.72. The molecule has 1 fully saturated rings. The van der Waals surface area contributed by atoms with Crippen LogP contribution in [0.25, 0.3) is 10.8 Å². The molecule has 126 valence electrons. The first-order valence-electron chi connectivity index (χ1n) is 8.61. The summed E-state index contributed by atoms with van der Waals surface area (Å²) in [6.45, 7) is 0.788. The molecular formula is C21H20N2O2. The molecule has 4 nitrogen and oxygen atoms in total. The third kappa shape index (κ3) is 3.01. The van der Waals surface area contributed by atoms with E-state index in [4.69, 9.17) is 0 Å². The van der Waals surface area contributed by atoms with Crippen LogP contribution >= 0.6 is 0 Å². The second-order valence-corrected chi connectivity index (χ2v) is 6.52. The van der Waals surface area contributed by atoms with Crippen LogP contribution in [0, 0.1) is 0 Å². The van der Waals surface area contributed by atoms with Crippen LogP contribution in [0.3, 0.4) is 0 Å². The topological polar surface area (TPSA) is 53.4 Å². The molecule has 1 N–H and O–H groups in total. The Bertz CT molecular complexity index is 895. The van der Waals surface area contributed by atoms with Gasteiger partial charge in [-0.15, -0.1) is 0 Å². The summed E-state index contributed by atoms with van der Waals surface area (Å²) in [6.07, 6.45) is 5.15. The molecule has 4 heteroatoms. The van der Waals surface area contributed by atoms with Gasteiger partial charge in [-0.25, -0.2) is 0 Å². The first-order valence-corrected chi connectivity index (χ1v) is 8.61. The fourth-order valence-electron chi connectivity index (χ4n) is 3.86. The fourth-order valence-corrected chi connectivity index (χ4v) is 3.86. The van der Waals surface area contributed by atoms with Crippen molar-refractivity contribution in [3.05, 3.63) is 78.1 Å². The third-order valence-electron chi connectivity index (χ3n) is 5.02. The van der Waals surface area contributed by atoms with Crippen LogP contribution in [0.5, 0.6) is 0 Å². The van der Waals surface area contributed by atoms with E-state index in [0.717, 1.165) is 24.1 Å². The van der Waals surface area contributed by atoms with Crippen molar-refractivity contribution >= 4 is 16.7 Å². The number of aromatic nitrogens is 1. The van der Waals surface area contributed by atoms with Crippen LogP contribution in [-0.2, 0) is 4.79 Å². The van der Waals surface area contributed by atoms with E-state index in [1.54, 1.807) is 12.4 Å². The lowest BCUT2D eigenvalue weighted by Gasteiger charge is -2.32. The number of carboxylic acids is 1. The molecule has 1 aliphatic rings. The smallest absolute Gasteiger partial charge is 0.320 e. The van der Waals surface area contributed by atoms with Crippen molar-refractivity contribution in [3.8, 4) is 0 Å². The average molecular weight is 332 g/mol. The Kier molecular flexibility index (Phi) is 4.20. The molecule has 4 rings (SSSR count). The van der Waals surface area contributed by atoms with Gasteiger partial charge in [-0.3, -0.25) is 14.7 Å². The van der Waals surface area contributed by atoms with E-state index in [9.17, 15) is 9.90 Å². The molecule has 2 aromatic carbocycles. The summed E-state index contributed by atoms with van der Waals surface area (Å²) in [5.74, 6) is -0.739. The summed E-state index contributed by atoms with van der Waals surface area (Å²) in [6, 6.07) is 18.1. The van der Waals surface area contributed by atoms with Crippen LogP contribution in [0.2, 0.25) is 0 Å². The second kappa shape index (κ2) is 6.65. The summed E-state index contributed by atoms with van der Waals surface area (Å²) >= 11 is 0. The Morgan fingerprint density at radius 1 is 1.04 bits per heavy atom. The van der Waals surface area contributed by atoms with Gasteiger partial charge in [0.25, 0.3) is 0 Å². The number of carbonyl (C=O) groups is 1. The number of rotatable bonds is 4. The molecular weight excluding hydrogens is 312 g/mol. The number of hydrogen-bond donors (Lipinski definition) is 1. The average Bonchev–Trinajstić information content (AvgIpc) is 3.12. The van der Waals surface area contributed by atoms with Gasteiger partial charge < -0.3 is 5.11 Å². The summed E-state index contributed by atoms with van der Waals surface area (Å²) < 4.78 is 0. The molecule has 0 radical (unpaired) electrons. The molecule has 2 unspecified atom stereocenters. The first kappa shape index (κ1) is 15.8. The van der Waals surface area contributed by atoms with Gasteiger partial charge >= 0.3 is 5.97 Å². The Morgan fingerprint density at radius 2 is 1.80 bits per heavy atom. The van der Waals surface area contributed by atoms with Crippen molar-refractivity contribution in [1.82, 2.24) is 9.88 Å². The maximum Gasteiger partial charge on any atom is 0.320 e. The first-order chi connectivity index (χ1) is 12.2. The largest absolute Gasteiger partial charge is 0.480 e. The quantitative estimate of drug-likeness (QED) is 0.788. The SMILES string of the molecule is O=C(O)C1CCCN1C(c1ccncc1)c1ccc2ccccc2c1. The summed E-state index contributed by atoms with van der Waals surface area (Å²) in [7, 11) is 0. The van der Waals surface area contributed by atoms with E-state index >= 15 is 0 Å². The predicted molar refractivity (Wildman–Crippen MR) is 97.4 cm³/mol. The van der Waals surface area contributed by atoms with Gasteiger partial charge in [0.15, 0.2) is 0 Å². The van der Waals surface area contributed by atoms with Crippen molar-refractivity contribution in [2.45, 2.75) is 24.9 Å². The highest BCUT2D eigenvalue weighted by Crippen LogP contribution is 2.35. The van der Waals surface area contributed by atoms with Crippen molar-refractivity contribution < 1.29 is 9.90 Å². The van der Waals surface area contributed by atoms with Crippen LogP contribution in [0.1, 0.15) is 30.0 Å². The molecule has 0 amide bonds. The van der Waals surface area contributed by atoms with Crippen molar-refractivity contribution in [2.75, 3.05) is 6.54 Å². The van der Waals surface area contributed by atoms with Crippen LogP contribution in [0.15, 0.2) is 67.0 Å². The molecule has 25 heavy (non-hydrogen) atoms. The van der Waals surface area contributed by atoms with Gasteiger partial charge in [0.1, 0.15) is 6.04 Å². The summed E-state index contributed by atoms with van der Waals surface area (Å²) in [4.78, 5) is 18.0. The van der Waals surface area contributed by atoms with E-state index < -0.39 is 12.0 Å². The molecule has 0 saturated carbocycles. The van der Waals surface area contributed by atoms with Crippen molar-refractivity contribution in [1.29, 1.82) is 0 Å². The molecule has 0 aliphatic carbocycles. The maximum atomic E-state index is 11.7. The van der Waals surface area contributed by atoms with Crippen molar-refractivity contribution in [3.63, 3.8) is 0 Å². The zero-order valence-corrected chi connectivity index (χ0v) is 13.9. The molecule has 2 atom stereocenters.